The summed E-state index contributed by atoms with van der Waals surface area (Å²) in [6, 6.07) is 1.44. The van der Waals surface area contributed by atoms with Gasteiger partial charge in [0.25, 0.3) is 0 Å². The lowest BCUT2D eigenvalue weighted by atomic mass is 10.0. The fourth-order valence-corrected chi connectivity index (χ4v) is 2.28. The van der Waals surface area contributed by atoms with E-state index in [2.05, 4.69) is 37.9 Å². The molecule has 1 fully saturated rings. The molecule has 2 heteroatoms. The summed E-state index contributed by atoms with van der Waals surface area (Å²) < 4.78 is 0. The molecule has 0 bridgehead atoms. The summed E-state index contributed by atoms with van der Waals surface area (Å²) in [5.41, 5.74) is 0. The number of hydrogen-bond acceptors (Lipinski definition) is 2. The molecule has 0 saturated carbocycles. The zero-order valence-electron chi connectivity index (χ0n) is 10.9. The topological polar surface area (TPSA) is 15.3 Å². The Morgan fingerprint density at radius 1 is 1.40 bits per heavy atom. The first-order valence-electron chi connectivity index (χ1n) is 6.62. The predicted octanol–water partition coefficient (Wildman–Crippen LogP) is 2.49. The van der Waals surface area contributed by atoms with Crippen molar-refractivity contribution in [1.29, 1.82) is 0 Å². The Labute approximate surface area is 95.4 Å². The van der Waals surface area contributed by atoms with Crippen LogP contribution in [0.25, 0.3) is 0 Å². The van der Waals surface area contributed by atoms with Crippen LogP contribution in [0.15, 0.2) is 0 Å². The lowest BCUT2D eigenvalue weighted by Crippen LogP contribution is -2.43. The highest BCUT2D eigenvalue weighted by atomic mass is 15.2. The van der Waals surface area contributed by atoms with Gasteiger partial charge in [-0.15, -0.1) is 0 Å². The van der Waals surface area contributed by atoms with Crippen LogP contribution in [0.4, 0.5) is 0 Å². The van der Waals surface area contributed by atoms with E-state index in [0.717, 1.165) is 12.0 Å². The smallest absolute Gasteiger partial charge is 0.0218 e. The van der Waals surface area contributed by atoms with E-state index in [-0.39, 0.29) is 0 Å². The monoisotopic (exact) mass is 212 g/mol. The summed E-state index contributed by atoms with van der Waals surface area (Å²) in [7, 11) is 0. The minimum Gasteiger partial charge on any atom is -0.312 e. The number of hydrogen-bond donors (Lipinski definition) is 1. The molecule has 0 aliphatic carbocycles. The van der Waals surface area contributed by atoms with Crippen molar-refractivity contribution in [2.24, 2.45) is 5.92 Å². The van der Waals surface area contributed by atoms with Gasteiger partial charge in [-0.25, -0.2) is 0 Å². The molecule has 1 N–H and O–H groups in total. The Morgan fingerprint density at radius 3 is 2.73 bits per heavy atom. The van der Waals surface area contributed by atoms with Gasteiger partial charge in [0.2, 0.25) is 0 Å². The van der Waals surface area contributed by atoms with Gasteiger partial charge < -0.3 is 5.32 Å². The van der Waals surface area contributed by atoms with E-state index >= 15 is 0 Å². The Kier molecular flexibility index (Phi) is 5.62. The third-order valence-corrected chi connectivity index (χ3v) is 3.63. The normalized spacial score (nSPS) is 29.4. The van der Waals surface area contributed by atoms with Crippen molar-refractivity contribution in [3.05, 3.63) is 0 Å². The standard InChI is InChI=1S/C13H28N2/c1-5-6-9-15-10-13(11(2)3)14-8-7-12(15)4/h11-14H,5-10H2,1-4H3. The second kappa shape index (κ2) is 6.49. The van der Waals surface area contributed by atoms with Crippen LogP contribution in [0.3, 0.4) is 0 Å². The lowest BCUT2D eigenvalue weighted by molar-refractivity contribution is 0.189. The molecule has 0 aromatic carbocycles. The van der Waals surface area contributed by atoms with Crippen LogP contribution >= 0.6 is 0 Å². The molecule has 1 aliphatic heterocycles. The first-order chi connectivity index (χ1) is 7.15. The van der Waals surface area contributed by atoms with Gasteiger partial charge in [-0.2, -0.15) is 0 Å². The maximum Gasteiger partial charge on any atom is 0.0218 e. The SMILES string of the molecule is CCCCN1CC(C(C)C)NCCC1C. The maximum absolute atomic E-state index is 3.68. The van der Waals surface area contributed by atoms with Gasteiger partial charge in [0.15, 0.2) is 0 Å². The summed E-state index contributed by atoms with van der Waals surface area (Å²) in [4.78, 5) is 2.67. The highest BCUT2D eigenvalue weighted by molar-refractivity contribution is 4.82. The second-order valence-electron chi connectivity index (χ2n) is 5.29. The van der Waals surface area contributed by atoms with Gasteiger partial charge in [0, 0.05) is 18.6 Å². The van der Waals surface area contributed by atoms with Crippen LogP contribution in [0.5, 0.6) is 0 Å². The van der Waals surface area contributed by atoms with E-state index in [9.17, 15) is 0 Å². The van der Waals surface area contributed by atoms with Gasteiger partial charge in [0.05, 0.1) is 0 Å². The van der Waals surface area contributed by atoms with Crippen molar-refractivity contribution in [3.8, 4) is 0 Å². The van der Waals surface area contributed by atoms with E-state index in [1.165, 1.54) is 38.9 Å². The summed E-state index contributed by atoms with van der Waals surface area (Å²) in [5, 5.41) is 3.68. The van der Waals surface area contributed by atoms with Crippen LogP contribution in [0.2, 0.25) is 0 Å². The van der Waals surface area contributed by atoms with Crippen molar-refractivity contribution in [1.82, 2.24) is 10.2 Å². The molecule has 2 nitrogen and oxygen atoms in total. The fourth-order valence-electron chi connectivity index (χ4n) is 2.28. The lowest BCUT2D eigenvalue weighted by Gasteiger charge is -2.30. The molecule has 15 heavy (non-hydrogen) atoms. The Morgan fingerprint density at radius 2 is 2.13 bits per heavy atom. The van der Waals surface area contributed by atoms with Gasteiger partial charge in [-0.1, -0.05) is 27.2 Å². The zero-order valence-corrected chi connectivity index (χ0v) is 10.9. The number of nitrogens with one attached hydrogen (secondary N) is 1. The average Bonchev–Trinajstić information content (AvgIpc) is 2.37. The predicted molar refractivity (Wildman–Crippen MR) is 67.2 cm³/mol. The molecule has 0 radical (unpaired) electrons. The molecule has 2 unspecified atom stereocenters. The molecule has 0 aromatic heterocycles. The van der Waals surface area contributed by atoms with Crippen molar-refractivity contribution in [2.75, 3.05) is 19.6 Å². The van der Waals surface area contributed by atoms with Gasteiger partial charge in [-0.3, -0.25) is 4.90 Å². The second-order valence-corrected chi connectivity index (χ2v) is 5.29. The first-order valence-corrected chi connectivity index (χ1v) is 6.62. The molecular formula is C13H28N2. The fraction of sp³-hybridized carbons (Fsp3) is 1.00. The van der Waals surface area contributed by atoms with Crippen LogP contribution < -0.4 is 5.32 Å². The zero-order chi connectivity index (χ0) is 11.3. The third kappa shape index (κ3) is 4.12. The molecule has 0 amide bonds. The van der Waals surface area contributed by atoms with Crippen LogP contribution in [0, 0.1) is 5.92 Å². The number of rotatable bonds is 4. The minimum atomic E-state index is 0.687. The highest BCUT2D eigenvalue weighted by Gasteiger charge is 2.23. The van der Waals surface area contributed by atoms with E-state index in [1.807, 2.05) is 0 Å². The number of unbranched alkanes of at least 4 members (excludes halogenated alkanes) is 1. The van der Waals surface area contributed by atoms with Crippen LogP contribution in [-0.2, 0) is 0 Å². The first kappa shape index (κ1) is 13.0. The van der Waals surface area contributed by atoms with Crippen LogP contribution in [0.1, 0.15) is 47.0 Å². The van der Waals surface area contributed by atoms with Crippen molar-refractivity contribution in [2.45, 2.75) is 59.0 Å². The molecule has 1 rings (SSSR count). The Balaban J connectivity index is 2.48. The maximum atomic E-state index is 3.68. The molecule has 90 valence electrons. The quantitative estimate of drug-likeness (QED) is 0.770. The van der Waals surface area contributed by atoms with E-state index in [4.69, 9.17) is 0 Å². The minimum absolute atomic E-state index is 0.687. The van der Waals surface area contributed by atoms with Gasteiger partial charge in [-0.05, 0) is 38.8 Å². The van der Waals surface area contributed by atoms with Crippen molar-refractivity contribution in [3.63, 3.8) is 0 Å². The molecule has 1 heterocycles. The molecule has 0 aromatic rings. The average molecular weight is 212 g/mol. The Hall–Kier alpha value is -0.0800. The van der Waals surface area contributed by atoms with Crippen molar-refractivity contribution < 1.29 is 0 Å². The summed E-state index contributed by atoms with van der Waals surface area (Å²) in [6.45, 7) is 13.0. The number of nitrogens with zero attached hydrogens (tertiary/aromatic N) is 1. The molecule has 1 aliphatic rings. The summed E-state index contributed by atoms with van der Waals surface area (Å²) >= 11 is 0. The highest BCUT2D eigenvalue weighted by Crippen LogP contribution is 2.14. The summed E-state index contributed by atoms with van der Waals surface area (Å²) in [5.74, 6) is 0.749. The molecule has 2 atom stereocenters. The van der Waals surface area contributed by atoms with Crippen molar-refractivity contribution >= 4 is 0 Å². The Bertz CT molecular complexity index is 168. The largest absolute Gasteiger partial charge is 0.312 e. The summed E-state index contributed by atoms with van der Waals surface area (Å²) in [6.07, 6.45) is 3.95. The third-order valence-electron chi connectivity index (χ3n) is 3.63. The van der Waals surface area contributed by atoms with Gasteiger partial charge >= 0.3 is 0 Å². The van der Waals surface area contributed by atoms with Gasteiger partial charge in [0.1, 0.15) is 0 Å². The molecule has 0 spiro atoms. The molecular weight excluding hydrogens is 184 g/mol. The van der Waals surface area contributed by atoms with E-state index in [1.54, 1.807) is 0 Å². The molecule has 1 saturated heterocycles. The van der Waals surface area contributed by atoms with E-state index < -0.39 is 0 Å². The van der Waals surface area contributed by atoms with E-state index in [0.29, 0.717) is 6.04 Å². The van der Waals surface area contributed by atoms with Crippen LogP contribution in [-0.4, -0.2) is 36.6 Å².